The van der Waals surface area contributed by atoms with E-state index in [1.165, 1.54) is 11.8 Å². The van der Waals surface area contributed by atoms with Crippen LogP contribution in [0.1, 0.15) is 34.7 Å². The number of hydrogen-bond acceptors (Lipinski definition) is 7. The van der Waals surface area contributed by atoms with E-state index in [0.29, 0.717) is 50.8 Å². The van der Waals surface area contributed by atoms with Gasteiger partial charge in [0.1, 0.15) is 13.2 Å². The number of nitrogens with zero attached hydrogens (tertiary/aromatic N) is 2. The summed E-state index contributed by atoms with van der Waals surface area (Å²) in [6, 6.07) is 35.4. The highest BCUT2D eigenvalue weighted by atomic mass is 79.9. The minimum atomic E-state index is -0.149. The monoisotopic (exact) mass is 748 g/mol. The van der Waals surface area contributed by atoms with Gasteiger partial charge in [0.2, 0.25) is 0 Å². The van der Waals surface area contributed by atoms with Crippen LogP contribution in [-0.4, -0.2) is 24.8 Å². The maximum atomic E-state index is 13.9. The molecule has 50 heavy (non-hydrogen) atoms. The molecule has 1 saturated heterocycles. The smallest absolute Gasteiger partial charge is 0.271 e. The number of aryl methyl sites for hydroxylation is 2. The van der Waals surface area contributed by atoms with Crippen molar-refractivity contribution in [2.45, 2.75) is 34.0 Å². The summed E-state index contributed by atoms with van der Waals surface area (Å²) in [5, 5.41) is 0.588. The van der Waals surface area contributed by atoms with Crippen LogP contribution in [0.25, 0.3) is 6.08 Å². The maximum Gasteiger partial charge on any atom is 0.271 e. The van der Waals surface area contributed by atoms with Crippen LogP contribution in [0.15, 0.2) is 124 Å². The zero-order valence-electron chi connectivity index (χ0n) is 28.3. The summed E-state index contributed by atoms with van der Waals surface area (Å²) in [5.74, 6) is 2.25. The minimum Gasteiger partial charge on any atom is -0.493 e. The summed E-state index contributed by atoms with van der Waals surface area (Å²) in [4.78, 5) is 21.0. The molecule has 0 bridgehead atoms. The molecular weight excluding hydrogens is 712 g/mol. The Bertz CT molecular complexity index is 2030. The number of amides is 1. The molecule has 254 valence electrons. The average molecular weight is 750 g/mol. The minimum absolute atomic E-state index is 0.149. The van der Waals surface area contributed by atoms with Crippen molar-refractivity contribution < 1.29 is 23.7 Å². The number of rotatable bonds is 12. The summed E-state index contributed by atoms with van der Waals surface area (Å²) in [7, 11) is 1.62. The van der Waals surface area contributed by atoms with E-state index < -0.39 is 0 Å². The lowest BCUT2D eigenvalue weighted by molar-refractivity contribution is -0.113. The number of anilines is 1. The average Bonchev–Trinajstić information content (AvgIpc) is 3.42. The van der Waals surface area contributed by atoms with Crippen LogP contribution in [0, 0.1) is 13.8 Å². The standard InChI is InChI=1S/C41H37BrN2O5S/c1-5-47-37-23-31(21-34(42)39(37)49-26-30-15-20-35(36(22-30)46-4)48-25-29-9-7-6-8-10-29)24-38-40(45)44(33-18-13-28(3)14-19-33)41(50-38)43-32-16-11-27(2)12-17-32/h6-24H,5,25-26H2,1-4H3/b38-24+,43-41?. The number of hydrogen-bond donors (Lipinski definition) is 0. The van der Waals surface area contributed by atoms with Crippen LogP contribution in [0.2, 0.25) is 0 Å². The molecular formula is C41H37BrN2O5S. The first-order chi connectivity index (χ1) is 24.3. The lowest BCUT2D eigenvalue weighted by Crippen LogP contribution is -2.28. The van der Waals surface area contributed by atoms with Crippen LogP contribution in [0.3, 0.4) is 0 Å². The van der Waals surface area contributed by atoms with Gasteiger partial charge in [-0.15, -0.1) is 0 Å². The van der Waals surface area contributed by atoms with Gasteiger partial charge in [-0.3, -0.25) is 9.69 Å². The fourth-order valence-corrected chi connectivity index (χ4v) is 6.81. The largest absolute Gasteiger partial charge is 0.493 e. The molecule has 0 unspecified atom stereocenters. The molecule has 6 rings (SSSR count). The van der Waals surface area contributed by atoms with Crippen LogP contribution in [0.5, 0.6) is 23.0 Å². The van der Waals surface area contributed by atoms with Crippen LogP contribution in [0.4, 0.5) is 11.4 Å². The van der Waals surface area contributed by atoms with Gasteiger partial charge in [-0.05, 0) is 120 Å². The van der Waals surface area contributed by atoms with Crippen molar-refractivity contribution in [2.75, 3.05) is 18.6 Å². The summed E-state index contributed by atoms with van der Waals surface area (Å²) in [5.41, 5.74) is 6.55. The molecule has 0 spiro atoms. The quantitative estimate of drug-likeness (QED) is 0.118. The first kappa shape index (κ1) is 34.9. The number of carbonyl (C=O) groups is 1. The van der Waals surface area contributed by atoms with Gasteiger partial charge in [0.25, 0.3) is 5.91 Å². The molecule has 5 aromatic carbocycles. The molecule has 0 N–H and O–H groups in total. The lowest BCUT2D eigenvalue weighted by Gasteiger charge is -2.16. The number of ether oxygens (including phenoxy) is 4. The van der Waals surface area contributed by atoms with Crippen molar-refractivity contribution in [1.29, 1.82) is 0 Å². The van der Waals surface area contributed by atoms with E-state index in [-0.39, 0.29) is 12.5 Å². The number of methoxy groups -OCH3 is 1. The number of amidine groups is 1. The van der Waals surface area contributed by atoms with Gasteiger partial charge in [0.05, 0.1) is 34.5 Å². The Balaban J connectivity index is 1.23. The number of aliphatic imine (C=N–C) groups is 1. The second-order valence-electron chi connectivity index (χ2n) is 11.6. The van der Waals surface area contributed by atoms with Crippen molar-refractivity contribution in [1.82, 2.24) is 0 Å². The van der Waals surface area contributed by atoms with Gasteiger partial charge in [-0.1, -0.05) is 71.8 Å². The highest BCUT2D eigenvalue weighted by molar-refractivity contribution is 9.10. The van der Waals surface area contributed by atoms with E-state index in [0.717, 1.165) is 39.2 Å². The van der Waals surface area contributed by atoms with Crippen LogP contribution >= 0.6 is 27.7 Å². The van der Waals surface area contributed by atoms with E-state index in [1.807, 2.05) is 136 Å². The predicted octanol–water partition coefficient (Wildman–Crippen LogP) is 10.4. The molecule has 1 fully saturated rings. The number of carbonyl (C=O) groups excluding carboxylic acids is 1. The zero-order chi connectivity index (χ0) is 35.0. The number of thioether (sulfide) groups is 1. The van der Waals surface area contributed by atoms with Crippen molar-refractivity contribution in [3.8, 4) is 23.0 Å². The first-order valence-electron chi connectivity index (χ1n) is 16.2. The van der Waals surface area contributed by atoms with Gasteiger partial charge >= 0.3 is 0 Å². The molecule has 0 aromatic heterocycles. The molecule has 7 nitrogen and oxygen atoms in total. The van der Waals surface area contributed by atoms with Crippen LogP contribution in [-0.2, 0) is 18.0 Å². The van der Waals surface area contributed by atoms with E-state index in [2.05, 4.69) is 15.9 Å². The molecule has 9 heteroatoms. The molecule has 1 amide bonds. The molecule has 0 atom stereocenters. The first-order valence-corrected chi connectivity index (χ1v) is 17.8. The molecule has 1 heterocycles. The Hall–Kier alpha value is -4.99. The lowest BCUT2D eigenvalue weighted by atomic mass is 10.1. The third-order valence-corrected chi connectivity index (χ3v) is 9.39. The van der Waals surface area contributed by atoms with Crippen LogP contribution < -0.4 is 23.8 Å². The van der Waals surface area contributed by atoms with Crippen molar-refractivity contribution in [3.05, 3.63) is 146 Å². The molecule has 0 saturated carbocycles. The van der Waals surface area contributed by atoms with Gasteiger partial charge in [0, 0.05) is 0 Å². The normalized spacial score (nSPS) is 14.3. The Morgan fingerprint density at radius 1 is 0.760 bits per heavy atom. The summed E-state index contributed by atoms with van der Waals surface area (Å²) in [6.07, 6.45) is 1.86. The fourth-order valence-electron chi connectivity index (χ4n) is 5.24. The maximum absolute atomic E-state index is 13.9. The summed E-state index contributed by atoms with van der Waals surface area (Å²) < 4.78 is 24.7. The summed E-state index contributed by atoms with van der Waals surface area (Å²) in [6.45, 7) is 7.13. The molecule has 1 aliphatic heterocycles. The fraction of sp³-hybridized carbons (Fsp3) is 0.171. The number of halogens is 1. The van der Waals surface area contributed by atoms with Gasteiger partial charge in [-0.2, -0.15) is 0 Å². The molecule has 0 aliphatic carbocycles. The highest BCUT2D eigenvalue weighted by Gasteiger charge is 2.35. The topological polar surface area (TPSA) is 69.6 Å². The summed E-state index contributed by atoms with van der Waals surface area (Å²) >= 11 is 5.04. The van der Waals surface area contributed by atoms with Crippen molar-refractivity contribution in [3.63, 3.8) is 0 Å². The second-order valence-corrected chi connectivity index (χ2v) is 13.5. The van der Waals surface area contributed by atoms with Gasteiger partial charge in [0.15, 0.2) is 28.2 Å². The van der Waals surface area contributed by atoms with Crippen molar-refractivity contribution in [2.24, 2.45) is 4.99 Å². The third kappa shape index (κ3) is 8.41. The predicted molar refractivity (Wildman–Crippen MR) is 206 cm³/mol. The Morgan fingerprint density at radius 2 is 1.46 bits per heavy atom. The zero-order valence-corrected chi connectivity index (χ0v) is 30.7. The Morgan fingerprint density at radius 3 is 2.16 bits per heavy atom. The Labute approximate surface area is 305 Å². The van der Waals surface area contributed by atoms with E-state index in [9.17, 15) is 4.79 Å². The molecule has 0 radical (unpaired) electrons. The molecule has 1 aliphatic rings. The SMILES string of the molecule is CCOc1cc(/C=C2/SC(=Nc3ccc(C)cc3)N(c3ccc(C)cc3)C2=O)cc(Br)c1OCc1ccc(OCc2ccccc2)c(OC)c1. The van der Waals surface area contributed by atoms with Crippen molar-refractivity contribution >= 4 is 56.2 Å². The number of benzene rings is 5. The van der Waals surface area contributed by atoms with E-state index >= 15 is 0 Å². The van der Waals surface area contributed by atoms with E-state index in [1.54, 1.807) is 12.0 Å². The molecule has 5 aromatic rings. The second kappa shape index (κ2) is 16.1. The highest BCUT2D eigenvalue weighted by Crippen LogP contribution is 2.41. The van der Waals surface area contributed by atoms with Gasteiger partial charge < -0.3 is 18.9 Å². The van der Waals surface area contributed by atoms with E-state index in [4.69, 9.17) is 23.9 Å². The van der Waals surface area contributed by atoms with Gasteiger partial charge in [-0.25, -0.2) is 4.99 Å². The third-order valence-electron chi connectivity index (χ3n) is 7.84. The Kier molecular flexibility index (Phi) is 11.3.